The molecule has 27 heavy (non-hydrogen) atoms. The first-order valence-electron chi connectivity index (χ1n) is 9.52. The molecule has 2 saturated heterocycles. The minimum Gasteiger partial charge on any atom is -0.368 e. The number of anilines is 1. The van der Waals surface area contributed by atoms with Gasteiger partial charge in [-0.25, -0.2) is 0 Å². The third-order valence-electron chi connectivity index (χ3n) is 5.32. The number of likely N-dealkylation sites (tertiary alicyclic amines) is 1. The van der Waals surface area contributed by atoms with Crippen LogP contribution in [-0.2, 0) is 14.3 Å². The zero-order valence-electron chi connectivity index (χ0n) is 15.2. The zero-order valence-corrected chi connectivity index (χ0v) is 15.2. The Balaban J connectivity index is 1.32. The zero-order chi connectivity index (χ0) is 18.6. The van der Waals surface area contributed by atoms with Crippen LogP contribution in [0, 0.1) is 5.92 Å². The Morgan fingerprint density at radius 2 is 2.04 bits per heavy atom. The largest absolute Gasteiger partial charge is 0.368 e. The summed E-state index contributed by atoms with van der Waals surface area (Å²) in [6.07, 6.45) is 4.56. The van der Waals surface area contributed by atoms with Crippen molar-refractivity contribution in [3.63, 3.8) is 0 Å². The first-order chi connectivity index (χ1) is 13.2. The molecule has 142 valence electrons. The number of ether oxygens (including phenoxy) is 1. The summed E-state index contributed by atoms with van der Waals surface area (Å²) < 4.78 is 5.49. The summed E-state index contributed by atoms with van der Waals surface area (Å²) in [5.41, 5.74) is 2.65. The number of rotatable bonds is 4. The van der Waals surface area contributed by atoms with Gasteiger partial charge in [-0.3, -0.25) is 14.7 Å². The van der Waals surface area contributed by atoms with Crippen molar-refractivity contribution in [1.29, 1.82) is 0 Å². The van der Waals surface area contributed by atoms with Gasteiger partial charge in [-0.05, 0) is 43.9 Å². The molecule has 1 aromatic carbocycles. The second-order valence-corrected chi connectivity index (χ2v) is 7.14. The lowest BCUT2D eigenvalue weighted by molar-refractivity contribution is -0.143. The quantitative estimate of drug-likeness (QED) is 0.868. The van der Waals surface area contributed by atoms with Crippen LogP contribution in [0.4, 0.5) is 5.69 Å². The van der Waals surface area contributed by atoms with E-state index in [0.717, 1.165) is 29.8 Å². The Hall–Kier alpha value is -2.67. The molecule has 2 aliphatic rings. The summed E-state index contributed by atoms with van der Waals surface area (Å²) >= 11 is 0. The second kappa shape index (κ2) is 7.92. The van der Waals surface area contributed by atoms with Crippen LogP contribution in [0.2, 0.25) is 0 Å². The smallest absolute Gasteiger partial charge is 0.251 e. The van der Waals surface area contributed by atoms with Crippen molar-refractivity contribution >= 4 is 17.5 Å². The van der Waals surface area contributed by atoms with E-state index < -0.39 is 0 Å². The maximum atomic E-state index is 12.6. The van der Waals surface area contributed by atoms with Crippen molar-refractivity contribution < 1.29 is 14.3 Å². The van der Waals surface area contributed by atoms with Gasteiger partial charge in [-0.1, -0.05) is 12.1 Å². The molecular weight excluding hydrogens is 344 g/mol. The van der Waals surface area contributed by atoms with Gasteiger partial charge in [-0.2, -0.15) is 5.10 Å². The average molecular weight is 368 g/mol. The second-order valence-electron chi connectivity index (χ2n) is 7.14. The number of nitrogens with zero attached hydrogens (tertiary/aromatic N) is 2. The van der Waals surface area contributed by atoms with Crippen molar-refractivity contribution in [3.05, 3.63) is 36.5 Å². The summed E-state index contributed by atoms with van der Waals surface area (Å²) in [4.78, 5) is 26.9. The van der Waals surface area contributed by atoms with E-state index in [1.807, 2.05) is 35.2 Å². The monoisotopic (exact) mass is 368 g/mol. The molecule has 7 nitrogen and oxygen atoms in total. The summed E-state index contributed by atoms with van der Waals surface area (Å²) in [7, 11) is 0. The number of amides is 2. The maximum Gasteiger partial charge on any atom is 0.251 e. The lowest BCUT2D eigenvalue weighted by atomic mass is 9.95. The van der Waals surface area contributed by atoms with E-state index in [1.165, 1.54) is 0 Å². The van der Waals surface area contributed by atoms with Crippen LogP contribution in [0.15, 0.2) is 36.5 Å². The van der Waals surface area contributed by atoms with E-state index in [-0.39, 0.29) is 23.8 Å². The number of nitrogens with one attached hydrogen (secondary N) is 2. The van der Waals surface area contributed by atoms with Crippen molar-refractivity contribution in [2.75, 3.05) is 25.0 Å². The third-order valence-corrected chi connectivity index (χ3v) is 5.32. The van der Waals surface area contributed by atoms with Gasteiger partial charge in [0.1, 0.15) is 6.10 Å². The van der Waals surface area contributed by atoms with E-state index in [1.54, 1.807) is 6.20 Å². The van der Waals surface area contributed by atoms with Crippen LogP contribution in [0.25, 0.3) is 11.3 Å². The fourth-order valence-corrected chi connectivity index (χ4v) is 3.76. The molecule has 2 aromatic rings. The molecule has 2 N–H and O–H groups in total. The Labute approximate surface area is 158 Å². The molecule has 1 atom stereocenters. The Bertz CT molecular complexity index is 791. The molecule has 0 aliphatic carbocycles. The fourth-order valence-electron chi connectivity index (χ4n) is 3.76. The number of piperidine rings is 1. The highest BCUT2D eigenvalue weighted by Crippen LogP contribution is 2.24. The molecule has 2 amide bonds. The highest BCUT2D eigenvalue weighted by Gasteiger charge is 2.32. The number of hydrogen-bond donors (Lipinski definition) is 2. The van der Waals surface area contributed by atoms with Crippen molar-refractivity contribution in [2.45, 2.75) is 31.8 Å². The number of carbonyl (C=O) groups excluding carboxylic acids is 2. The van der Waals surface area contributed by atoms with Gasteiger partial charge in [0.15, 0.2) is 0 Å². The van der Waals surface area contributed by atoms with E-state index in [4.69, 9.17) is 4.74 Å². The van der Waals surface area contributed by atoms with Gasteiger partial charge < -0.3 is 15.0 Å². The van der Waals surface area contributed by atoms with Gasteiger partial charge in [0.05, 0.1) is 5.69 Å². The summed E-state index contributed by atoms with van der Waals surface area (Å²) in [5, 5.41) is 9.90. The highest BCUT2D eigenvalue weighted by molar-refractivity contribution is 5.93. The van der Waals surface area contributed by atoms with Crippen LogP contribution in [-0.4, -0.2) is 52.7 Å². The lowest BCUT2D eigenvalue weighted by Gasteiger charge is -2.32. The van der Waals surface area contributed by atoms with Crippen molar-refractivity contribution in [1.82, 2.24) is 15.1 Å². The molecule has 7 heteroatoms. The van der Waals surface area contributed by atoms with Gasteiger partial charge in [0, 0.05) is 43.1 Å². The number of aromatic amines is 1. The van der Waals surface area contributed by atoms with E-state index in [2.05, 4.69) is 15.5 Å². The molecule has 0 saturated carbocycles. The molecule has 0 spiro atoms. The van der Waals surface area contributed by atoms with Crippen LogP contribution >= 0.6 is 0 Å². The first-order valence-corrected chi connectivity index (χ1v) is 9.52. The minimum atomic E-state index is -0.277. The standard InChI is InChI=1S/C20H24N4O3/c25-19(22-16-4-1-3-15(13-16)17-6-9-21-23-17)14-7-10-24(11-8-14)20(26)18-5-2-12-27-18/h1,3-4,6,9,13-14,18H,2,5,7-8,10-12H2,(H,21,23)(H,22,25)/t18-/m0/s1. The van der Waals surface area contributed by atoms with Crippen molar-refractivity contribution in [3.8, 4) is 11.3 Å². The predicted molar refractivity (Wildman–Crippen MR) is 101 cm³/mol. The SMILES string of the molecule is O=C(Nc1cccc(-c2ccn[nH]2)c1)C1CCN(C(=O)[C@@H]2CCCO2)CC1. The summed E-state index contributed by atoms with van der Waals surface area (Å²) in [5.74, 6) is 0.0222. The van der Waals surface area contributed by atoms with Gasteiger partial charge in [0.2, 0.25) is 5.91 Å². The topological polar surface area (TPSA) is 87.3 Å². The van der Waals surface area contributed by atoms with Gasteiger partial charge in [-0.15, -0.1) is 0 Å². The number of hydrogen-bond acceptors (Lipinski definition) is 4. The van der Waals surface area contributed by atoms with Gasteiger partial charge in [0.25, 0.3) is 5.91 Å². The van der Waals surface area contributed by atoms with E-state index in [0.29, 0.717) is 32.5 Å². The molecule has 2 fully saturated rings. The minimum absolute atomic E-state index is 0.0148. The number of H-pyrrole nitrogens is 1. The predicted octanol–water partition coefficient (Wildman–Crippen LogP) is 2.43. The fraction of sp³-hybridized carbons (Fsp3) is 0.450. The molecule has 0 radical (unpaired) electrons. The average Bonchev–Trinajstić information content (AvgIpc) is 3.42. The number of carbonyl (C=O) groups is 2. The van der Waals surface area contributed by atoms with Crippen LogP contribution < -0.4 is 5.32 Å². The Morgan fingerprint density at radius 1 is 1.19 bits per heavy atom. The molecule has 2 aliphatic heterocycles. The van der Waals surface area contributed by atoms with Crippen LogP contribution in [0.3, 0.4) is 0 Å². The van der Waals surface area contributed by atoms with Crippen LogP contribution in [0.1, 0.15) is 25.7 Å². The van der Waals surface area contributed by atoms with Crippen LogP contribution in [0.5, 0.6) is 0 Å². The summed E-state index contributed by atoms with van der Waals surface area (Å²) in [6.45, 7) is 1.91. The lowest BCUT2D eigenvalue weighted by Crippen LogP contribution is -2.45. The maximum absolute atomic E-state index is 12.6. The van der Waals surface area contributed by atoms with Crippen molar-refractivity contribution in [2.24, 2.45) is 5.92 Å². The molecule has 3 heterocycles. The third kappa shape index (κ3) is 4.03. The normalized spacial score (nSPS) is 20.6. The Kier molecular flexibility index (Phi) is 5.20. The molecule has 0 unspecified atom stereocenters. The number of aromatic nitrogens is 2. The molecule has 1 aromatic heterocycles. The summed E-state index contributed by atoms with van der Waals surface area (Å²) in [6, 6.07) is 9.59. The van der Waals surface area contributed by atoms with Gasteiger partial charge >= 0.3 is 0 Å². The molecular formula is C20H24N4O3. The first kappa shape index (κ1) is 17.7. The highest BCUT2D eigenvalue weighted by atomic mass is 16.5. The van der Waals surface area contributed by atoms with E-state index >= 15 is 0 Å². The van der Waals surface area contributed by atoms with E-state index in [9.17, 15) is 9.59 Å². The number of benzene rings is 1. The molecule has 4 rings (SSSR count). The Morgan fingerprint density at radius 3 is 2.74 bits per heavy atom. The molecule has 0 bridgehead atoms.